The third-order valence-corrected chi connectivity index (χ3v) is 5.17. The molecule has 0 bridgehead atoms. The summed E-state index contributed by atoms with van der Waals surface area (Å²) < 4.78 is 0. The van der Waals surface area contributed by atoms with Crippen molar-refractivity contribution in [3.05, 3.63) is 62.4 Å². The largest absolute Gasteiger partial charge is 0.394 e. The van der Waals surface area contributed by atoms with Crippen molar-refractivity contribution in [2.45, 2.75) is 50.6 Å². The second-order valence-corrected chi connectivity index (χ2v) is 7.32. The van der Waals surface area contributed by atoms with E-state index >= 15 is 0 Å². The zero-order valence-corrected chi connectivity index (χ0v) is 15.8. The number of H-pyrrole nitrogens is 2. The van der Waals surface area contributed by atoms with Crippen LogP contribution in [0.4, 0.5) is 5.69 Å². The van der Waals surface area contributed by atoms with Gasteiger partial charge in [0.25, 0.3) is 11.5 Å². The predicted molar refractivity (Wildman–Crippen MR) is 107 cm³/mol. The van der Waals surface area contributed by atoms with Gasteiger partial charge in [0.05, 0.1) is 6.61 Å². The van der Waals surface area contributed by atoms with Crippen molar-refractivity contribution >= 4 is 11.6 Å². The minimum atomic E-state index is -0.745. The number of aliphatic hydroxyl groups excluding tert-OH is 1. The fourth-order valence-corrected chi connectivity index (χ4v) is 3.64. The minimum Gasteiger partial charge on any atom is -0.394 e. The van der Waals surface area contributed by atoms with E-state index in [2.05, 4.69) is 32.7 Å². The van der Waals surface area contributed by atoms with Crippen LogP contribution in [0.2, 0.25) is 0 Å². The van der Waals surface area contributed by atoms with Crippen LogP contribution < -0.4 is 21.9 Å². The highest BCUT2D eigenvalue weighted by molar-refractivity contribution is 5.97. The molecule has 8 heteroatoms. The summed E-state index contributed by atoms with van der Waals surface area (Å²) in [4.78, 5) is 41.0. The second kappa shape index (κ2) is 8.88. The number of rotatable bonds is 6. The average Bonchev–Trinajstić information content (AvgIpc) is 2.70. The van der Waals surface area contributed by atoms with Gasteiger partial charge < -0.3 is 20.7 Å². The van der Waals surface area contributed by atoms with Crippen molar-refractivity contribution in [3.8, 4) is 0 Å². The summed E-state index contributed by atoms with van der Waals surface area (Å²) in [6, 6.07) is 9.87. The van der Waals surface area contributed by atoms with E-state index in [1.165, 1.54) is 5.56 Å². The number of amides is 1. The van der Waals surface area contributed by atoms with Gasteiger partial charge in [0, 0.05) is 12.1 Å². The Morgan fingerprint density at radius 3 is 2.46 bits per heavy atom. The van der Waals surface area contributed by atoms with Gasteiger partial charge >= 0.3 is 5.69 Å². The van der Waals surface area contributed by atoms with E-state index < -0.39 is 23.2 Å². The van der Waals surface area contributed by atoms with Crippen LogP contribution in [0.5, 0.6) is 0 Å². The molecule has 5 N–H and O–H groups in total. The Labute approximate surface area is 162 Å². The molecule has 2 aromatic rings. The first-order chi connectivity index (χ1) is 13.5. The summed E-state index contributed by atoms with van der Waals surface area (Å²) in [5.41, 5.74) is -0.279. The molecule has 1 aliphatic rings. The topological polar surface area (TPSA) is 127 Å². The molecule has 1 fully saturated rings. The lowest BCUT2D eigenvalue weighted by Gasteiger charge is -2.29. The number of aliphatic hydroxyl groups is 1. The highest BCUT2D eigenvalue weighted by Crippen LogP contribution is 2.32. The fourth-order valence-electron chi connectivity index (χ4n) is 3.64. The summed E-state index contributed by atoms with van der Waals surface area (Å²) in [7, 11) is 0. The number of carbonyl (C=O) groups is 1. The first-order valence-electron chi connectivity index (χ1n) is 9.57. The van der Waals surface area contributed by atoms with E-state index in [-0.39, 0.29) is 24.0 Å². The van der Waals surface area contributed by atoms with Gasteiger partial charge in [-0.25, -0.2) is 4.79 Å². The van der Waals surface area contributed by atoms with E-state index in [9.17, 15) is 19.5 Å². The van der Waals surface area contributed by atoms with Crippen molar-refractivity contribution in [1.82, 2.24) is 15.3 Å². The highest BCUT2D eigenvalue weighted by Gasteiger charge is 2.25. The molecular formula is C20H26N4O4. The van der Waals surface area contributed by atoms with E-state index in [1.807, 2.05) is 18.2 Å². The van der Waals surface area contributed by atoms with Crippen molar-refractivity contribution in [2.24, 2.45) is 0 Å². The van der Waals surface area contributed by atoms with Crippen molar-refractivity contribution in [1.29, 1.82) is 0 Å². The molecule has 1 atom stereocenters. The molecule has 1 heterocycles. The van der Waals surface area contributed by atoms with Crippen LogP contribution in [0.3, 0.4) is 0 Å². The Balaban J connectivity index is 1.68. The summed E-state index contributed by atoms with van der Waals surface area (Å²) in [6.45, 7) is 1.44. The van der Waals surface area contributed by atoms with Crippen LogP contribution in [0.15, 0.2) is 39.9 Å². The lowest BCUT2D eigenvalue weighted by Crippen LogP contribution is -2.41. The Hall–Kier alpha value is -2.87. The van der Waals surface area contributed by atoms with Gasteiger partial charge in [-0.3, -0.25) is 14.6 Å². The molecule has 28 heavy (non-hydrogen) atoms. The van der Waals surface area contributed by atoms with Gasteiger partial charge in [-0.05, 0) is 44.1 Å². The molecule has 1 aromatic carbocycles. The number of hydrogen-bond donors (Lipinski definition) is 5. The maximum absolute atomic E-state index is 12.7. The minimum absolute atomic E-state index is 0.0154. The molecular weight excluding hydrogens is 360 g/mol. The monoisotopic (exact) mass is 386 g/mol. The normalized spacial score (nSPS) is 20.4. The van der Waals surface area contributed by atoms with Gasteiger partial charge in [-0.1, -0.05) is 30.3 Å². The predicted octanol–water partition coefficient (Wildman–Crippen LogP) is 1.31. The number of aromatic nitrogens is 2. The molecule has 1 aromatic heterocycles. The van der Waals surface area contributed by atoms with E-state index in [0.29, 0.717) is 5.92 Å². The van der Waals surface area contributed by atoms with Crippen LogP contribution in [-0.4, -0.2) is 39.7 Å². The first kappa shape index (κ1) is 19.9. The number of carbonyl (C=O) groups excluding carboxylic acids is 1. The molecule has 0 spiro atoms. The van der Waals surface area contributed by atoms with E-state index in [1.54, 1.807) is 6.92 Å². The maximum Gasteiger partial charge on any atom is 0.326 e. The lowest BCUT2D eigenvalue weighted by atomic mass is 9.82. The number of aromatic amines is 2. The molecule has 0 radical (unpaired) electrons. The lowest BCUT2D eigenvalue weighted by molar-refractivity contribution is 0.0921. The number of hydrogen-bond acceptors (Lipinski definition) is 5. The van der Waals surface area contributed by atoms with Crippen molar-refractivity contribution in [3.63, 3.8) is 0 Å². The van der Waals surface area contributed by atoms with Gasteiger partial charge in [-0.15, -0.1) is 0 Å². The van der Waals surface area contributed by atoms with Crippen LogP contribution >= 0.6 is 0 Å². The average molecular weight is 386 g/mol. The van der Waals surface area contributed by atoms with Crippen molar-refractivity contribution in [2.75, 3.05) is 11.9 Å². The highest BCUT2D eigenvalue weighted by atomic mass is 16.3. The molecule has 1 unspecified atom stereocenters. The Bertz CT molecular complexity index is 914. The molecule has 150 valence electrons. The van der Waals surface area contributed by atoms with Gasteiger partial charge in [0.1, 0.15) is 11.4 Å². The van der Waals surface area contributed by atoms with E-state index in [0.717, 1.165) is 25.7 Å². The molecule has 0 saturated heterocycles. The van der Waals surface area contributed by atoms with Crippen LogP contribution in [0.25, 0.3) is 0 Å². The van der Waals surface area contributed by atoms with Crippen molar-refractivity contribution < 1.29 is 9.90 Å². The molecule has 8 nitrogen and oxygen atoms in total. The summed E-state index contributed by atoms with van der Waals surface area (Å²) >= 11 is 0. The van der Waals surface area contributed by atoms with Crippen LogP contribution in [0, 0.1) is 0 Å². The molecule has 1 saturated carbocycles. The fraction of sp³-hybridized carbons (Fsp3) is 0.450. The Morgan fingerprint density at radius 2 is 1.82 bits per heavy atom. The zero-order chi connectivity index (χ0) is 20.1. The number of anilines is 1. The molecule has 1 aliphatic carbocycles. The smallest absolute Gasteiger partial charge is 0.326 e. The third kappa shape index (κ3) is 4.69. The molecule has 3 rings (SSSR count). The standard InChI is InChI=1S/C20H26N4O4/c1-12(11-25)21-16-17(23-20(28)24-19(16)27)18(26)22-15-9-7-14(8-10-15)13-5-3-2-4-6-13/h2-6,12,14-15,21,25H,7-11H2,1H3,(H,22,26)(H2,23,24,27,28). The first-order valence-corrected chi connectivity index (χ1v) is 9.57. The Kier molecular flexibility index (Phi) is 6.30. The second-order valence-electron chi connectivity index (χ2n) is 7.32. The maximum atomic E-state index is 12.7. The van der Waals surface area contributed by atoms with Gasteiger partial charge in [0.2, 0.25) is 0 Å². The van der Waals surface area contributed by atoms with Gasteiger partial charge in [-0.2, -0.15) is 0 Å². The molecule has 0 aliphatic heterocycles. The SMILES string of the molecule is CC(CO)Nc1c(C(=O)NC2CCC(c3ccccc3)CC2)[nH]c(=O)[nH]c1=O. The zero-order valence-electron chi connectivity index (χ0n) is 15.8. The third-order valence-electron chi connectivity index (χ3n) is 5.17. The van der Waals surface area contributed by atoms with Crippen LogP contribution in [0.1, 0.15) is 54.6 Å². The Morgan fingerprint density at radius 1 is 1.14 bits per heavy atom. The quantitative estimate of drug-likeness (QED) is 0.512. The van der Waals surface area contributed by atoms with Gasteiger partial charge in [0.15, 0.2) is 0 Å². The summed E-state index contributed by atoms with van der Waals surface area (Å²) in [5, 5.41) is 14.9. The summed E-state index contributed by atoms with van der Waals surface area (Å²) in [5.74, 6) is -0.0182. The van der Waals surface area contributed by atoms with E-state index in [4.69, 9.17) is 0 Å². The van der Waals surface area contributed by atoms with Crippen LogP contribution in [-0.2, 0) is 0 Å². The number of benzene rings is 1. The summed E-state index contributed by atoms with van der Waals surface area (Å²) in [6.07, 6.45) is 3.59. The number of nitrogens with one attached hydrogen (secondary N) is 4. The molecule has 1 amide bonds.